The minimum absolute atomic E-state index is 0.0639. The average Bonchev–Trinajstić information content (AvgIpc) is 3.01. The number of sulfonamides is 1. The van der Waals surface area contributed by atoms with Gasteiger partial charge in [-0.25, -0.2) is 8.42 Å². The van der Waals surface area contributed by atoms with Gasteiger partial charge in [-0.2, -0.15) is 0 Å². The van der Waals surface area contributed by atoms with Crippen molar-refractivity contribution in [2.75, 3.05) is 11.0 Å². The standard InChI is InChI=1S/C25H26N2O3S/c1-25(2)13-12-20-22(21-5-4-14-26-24(21)28)15-18(16-23(20)25)7-6-17-8-10-19(11-9-17)27-31(3,29)30/h4-11,14-16,27H,12-13H2,1-3H3,(H,26,28)/b7-6+. The number of fused-ring (bicyclic) bond motifs is 1. The molecule has 1 aromatic heterocycles. The maximum Gasteiger partial charge on any atom is 0.255 e. The maximum absolute atomic E-state index is 12.5. The van der Waals surface area contributed by atoms with Crippen molar-refractivity contribution in [3.05, 3.63) is 87.3 Å². The van der Waals surface area contributed by atoms with Crippen molar-refractivity contribution < 1.29 is 8.42 Å². The van der Waals surface area contributed by atoms with Gasteiger partial charge in [0.25, 0.3) is 5.56 Å². The Morgan fingerprint density at radius 2 is 1.71 bits per heavy atom. The van der Waals surface area contributed by atoms with E-state index in [-0.39, 0.29) is 11.0 Å². The number of benzene rings is 2. The van der Waals surface area contributed by atoms with Crippen LogP contribution in [0.1, 0.15) is 42.5 Å². The molecule has 0 bridgehead atoms. The monoisotopic (exact) mass is 434 g/mol. The molecule has 2 aromatic carbocycles. The number of aromatic nitrogens is 1. The van der Waals surface area contributed by atoms with Crippen LogP contribution in [0.4, 0.5) is 5.69 Å². The molecule has 1 heterocycles. The lowest BCUT2D eigenvalue weighted by atomic mass is 9.84. The zero-order valence-corrected chi connectivity index (χ0v) is 18.7. The third kappa shape index (κ3) is 4.64. The lowest BCUT2D eigenvalue weighted by molar-refractivity contribution is 0.522. The fourth-order valence-electron chi connectivity index (χ4n) is 4.18. The molecule has 0 fully saturated rings. The van der Waals surface area contributed by atoms with Crippen LogP contribution in [-0.4, -0.2) is 19.7 Å². The van der Waals surface area contributed by atoms with E-state index in [0.717, 1.165) is 35.8 Å². The van der Waals surface area contributed by atoms with Crippen LogP contribution in [0, 0.1) is 0 Å². The van der Waals surface area contributed by atoms with Gasteiger partial charge in [-0.15, -0.1) is 0 Å². The van der Waals surface area contributed by atoms with E-state index >= 15 is 0 Å². The number of pyridine rings is 1. The minimum Gasteiger partial charge on any atom is -0.329 e. The van der Waals surface area contributed by atoms with E-state index in [2.05, 4.69) is 35.7 Å². The largest absolute Gasteiger partial charge is 0.329 e. The Balaban J connectivity index is 1.72. The molecule has 160 valence electrons. The topological polar surface area (TPSA) is 79.0 Å². The Morgan fingerprint density at radius 3 is 2.39 bits per heavy atom. The second kappa shape index (κ2) is 7.85. The Labute approximate surface area is 182 Å². The van der Waals surface area contributed by atoms with Gasteiger partial charge < -0.3 is 4.98 Å². The summed E-state index contributed by atoms with van der Waals surface area (Å²) >= 11 is 0. The van der Waals surface area contributed by atoms with E-state index < -0.39 is 10.0 Å². The Kier molecular flexibility index (Phi) is 5.35. The normalized spacial score (nSPS) is 15.2. The first-order valence-corrected chi connectivity index (χ1v) is 12.1. The van der Waals surface area contributed by atoms with E-state index in [9.17, 15) is 13.2 Å². The van der Waals surface area contributed by atoms with Crippen molar-refractivity contribution in [3.63, 3.8) is 0 Å². The minimum atomic E-state index is -3.29. The average molecular weight is 435 g/mol. The highest BCUT2D eigenvalue weighted by atomic mass is 32.2. The van der Waals surface area contributed by atoms with Crippen LogP contribution in [0.25, 0.3) is 23.3 Å². The summed E-state index contributed by atoms with van der Waals surface area (Å²) in [4.78, 5) is 15.3. The molecule has 31 heavy (non-hydrogen) atoms. The van der Waals surface area contributed by atoms with Crippen molar-refractivity contribution in [1.82, 2.24) is 4.98 Å². The molecule has 0 saturated heterocycles. The summed E-state index contributed by atoms with van der Waals surface area (Å²) in [6, 6.07) is 15.2. The van der Waals surface area contributed by atoms with E-state index in [1.807, 2.05) is 36.4 Å². The van der Waals surface area contributed by atoms with Crippen LogP contribution in [0.15, 0.2) is 59.5 Å². The summed E-state index contributed by atoms with van der Waals surface area (Å²) in [7, 11) is -3.29. The number of nitrogens with one attached hydrogen (secondary N) is 2. The first kappa shape index (κ1) is 21.1. The van der Waals surface area contributed by atoms with E-state index in [4.69, 9.17) is 0 Å². The molecule has 0 aliphatic heterocycles. The second-order valence-corrected chi connectivity index (χ2v) is 10.5. The van der Waals surface area contributed by atoms with Crippen LogP contribution in [0.3, 0.4) is 0 Å². The Bertz CT molecular complexity index is 1320. The zero-order chi connectivity index (χ0) is 22.2. The molecule has 2 N–H and O–H groups in total. The first-order chi connectivity index (χ1) is 14.6. The van der Waals surface area contributed by atoms with Gasteiger partial charge in [0.1, 0.15) is 0 Å². The van der Waals surface area contributed by atoms with Gasteiger partial charge in [-0.1, -0.05) is 44.2 Å². The molecule has 5 nitrogen and oxygen atoms in total. The van der Waals surface area contributed by atoms with Gasteiger partial charge in [0, 0.05) is 17.4 Å². The highest BCUT2D eigenvalue weighted by molar-refractivity contribution is 7.92. The highest BCUT2D eigenvalue weighted by Crippen LogP contribution is 2.43. The van der Waals surface area contributed by atoms with Gasteiger partial charge >= 0.3 is 0 Å². The summed E-state index contributed by atoms with van der Waals surface area (Å²) in [5.74, 6) is 0. The fourth-order valence-corrected chi connectivity index (χ4v) is 4.74. The van der Waals surface area contributed by atoms with E-state index in [1.54, 1.807) is 18.3 Å². The van der Waals surface area contributed by atoms with Gasteiger partial charge in [-0.3, -0.25) is 9.52 Å². The molecule has 3 aromatic rings. The highest BCUT2D eigenvalue weighted by Gasteiger charge is 2.32. The second-order valence-electron chi connectivity index (χ2n) is 8.72. The van der Waals surface area contributed by atoms with Crippen molar-refractivity contribution in [2.24, 2.45) is 0 Å². The van der Waals surface area contributed by atoms with Gasteiger partial charge in [0.2, 0.25) is 10.0 Å². The predicted molar refractivity (Wildman–Crippen MR) is 128 cm³/mol. The summed E-state index contributed by atoms with van der Waals surface area (Å²) in [6.07, 6.45) is 8.83. The summed E-state index contributed by atoms with van der Waals surface area (Å²) in [5.41, 5.74) is 6.75. The molecule has 0 spiro atoms. The molecule has 0 saturated carbocycles. The number of hydrogen-bond donors (Lipinski definition) is 2. The number of rotatable bonds is 5. The molecule has 0 radical (unpaired) electrons. The van der Waals surface area contributed by atoms with Crippen LogP contribution in [-0.2, 0) is 21.9 Å². The van der Waals surface area contributed by atoms with Crippen LogP contribution >= 0.6 is 0 Å². The Morgan fingerprint density at radius 1 is 1.00 bits per heavy atom. The molecule has 0 amide bonds. The van der Waals surface area contributed by atoms with E-state index in [0.29, 0.717) is 11.3 Å². The van der Waals surface area contributed by atoms with Crippen molar-refractivity contribution >= 4 is 27.9 Å². The summed E-state index contributed by atoms with van der Waals surface area (Å²) < 4.78 is 25.2. The third-order valence-corrected chi connectivity index (χ3v) is 6.40. The molecule has 0 atom stereocenters. The number of anilines is 1. The van der Waals surface area contributed by atoms with Crippen LogP contribution in [0.5, 0.6) is 0 Å². The van der Waals surface area contributed by atoms with Crippen LogP contribution in [0.2, 0.25) is 0 Å². The van der Waals surface area contributed by atoms with Gasteiger partial charge in [0.15, 0.2) is 0 Å². The fraction of sp³-hybridized carbons (Fsp3) is 0.240. The van der Waals surface area contributed by atoms with Crippen molar-refractivity contribution in [2.45, 2.75) is 32.1 Å². The first-order valence-electron chi connectivity index (χ1n) is 10.2. The van der Waals surface area contributed by atoms with Gasteiger partial charge in [0.05, 0.1) is 6.26 Å². The SMILES string of the molecule is CC1(C)CCc2c(-c3ccc[nH]c3=O)cc(/C=C/c3ccc(NS(C)(=O)=O)cc3)cc21. The molecule has 0 unspecified atom stereocenters. The van der Waals surface area contributed by atoms with Crippen molar-refractivity contribution in [1.29, 1.82) is 0 Å². The quantitative estimate of drug-likeness (QED) is 0.566. The lowest BCUT2D eigenvalue weighted by Gasteiger charge is -2.20. The number of H-pyrrole nitrogens is 1. The summed E-state index contributed by atoms with van der Waals surface area (Å²) in [6.45, 7) is 4.50. The third-order valence-electron chi connectivity index (χ3n) is 5.79. The molecular weight excluding hydrogens is 408 g/mol. The summed E-state index contributed by atoms with van der Waals surface area (Å²) in [5, 5.41) is 0. The van der Waals surface area contributed by atoms with E-state index in [1.165, 1.54) is 11.1 Å². The molecule has 1 aliphatic rings. The lowest BCUT2D eigenvalue weighted by Crippen LogP contribution is -2.13. The molecule has 4 rings (SSSR count). The predicted octanol–water partition coefficient (Wildman–Crippen LogP) is 4.81. The Hall–Kier alpha value is -3.12. The molecular formula is C25H26N2O3S. The number of hydrogen-bond acceptors (Lipinski definition) is 3. The maximum atomic E-state index is 12.5. The molecule has 6 heteroatoms. The smallest absolute Gasteiger partial charge is 0.255 e. The van der Waals surface area contributed by atoms with Crippen LogP contribution < -0.4 is 10.3 Å². The zero-order valence-electron chi connectivity index (χ0n) is 17.9. The van der Waals surface area contributed by atoms with Crippen molar-refractivity contribution in [3.8, 4) is 11.1 Å². The van der Waals surface area contributed by atoms with Gasteiger partial charge in [-0.05, 0) is 76.4 Å². The molecule has 1 aliphatic carbocycles. The number of aromatic amines is 1.